The molecule has 2 aromatic rings. The number of aromatic nitrogens is 2. The number of anilines is 3. The molecule has 0 aliphatic carbocycles. The third kappa shape index (κ3) is 3.99. The molecule has 1 fully saturated rings. The van der Waals surface area contributed by atoms with E-state index < -0.39 is 0 Å². The average Bonchev–Trinajstić information content (AvgIpc) is 3.14. The van der Waals surface area contributed by atoms with Gasteiger partial charge < -0.3 is 16.0 Å². The van der Waals surface area contributed by atoms with Crippen molar-refractivity contribution in [3.63, 3.8) is 0 Å². The number of hydrogen-bond donors (Lipinski definition) is 2. The fraction of sp³-hybridized carbons (Fsp3) is 0.286. The highest BCUT2D eigenvalue weighted by Crippen LogP contribution is 2.25. The molecule has 3 N–H and O–H groups in total. The fourth-order valence-corrected chi connectivity index (χ4v) is 3.71. The molecular formula is C14H15N5O2S2. The maximum absolute atomic E-state index is 12.0. The van der Waals surface area contributed by atoms with Gasteiger partial charge in [0.15, 0.2) is 4.34 Å². The van der Waals surface area contributed by atoms with Crippen LogP contribution < -0.4 is 16.0 Å². The van der Waals surface area contributed by atoms with Gasteiger partial charge in [-0.05, 0) is 24.6 Å². The lowest BCUT2D eigenvalue weighted by atomic mass is 10.2. The first-order valence-electron chi connectivity index (χ1n) is 7.04. The quantitative estimate of drug-likeness (QED) is 0.801. The number of carbonyl (C=O) groups is 2. The molecular weight excluding hydrogens is 334 g/mol. The van der Waals surface area contributed by atoms with Gasteiger partial charge in [-0.1, -0.05) is 29.2 Å². The van der Waals surface area contributed by atoms with Crippen molar-refractivity contribution in [1.29, 1.82) is 0 Å². The minimum atomic E-state index is -0.145. The van der Waals surface area contributed by atoms with Crippen LogP contribution in [0.15, 0.2) is 28.6 Å². The van der Waals surface area contributed by atoms with Gasteiger partial charge in [-0.15, -0.1) is 10.2 Å². The van der Waals surface area contributed by atoms with Gasteiger partial charge in [0.1, 0.15) is 0 Å². The molecule has 1 aromatic carbocycles. The maximum atomic E-state index is 12.0. The molecule has 9 heteroatoms. The van der Waals surface area contributed by atoms with Crippen molar-refractivity contribution in [1.82, 2.24) is 10.2 Å². The SMILES string of the molecule is Nc1nnc(SCC(=O)Nc2cccc(N3CCCC3=O)c2)s1. The molecule has 3 rings (SSSR count). The van der Waals surface area contributed by atoms with Crippen LogP contribution in [0, 0.1) is 0 Å². The van der Waals surface area contributed by atoms with Crippen molar-refractivity contribution in [2.24, 2.45) is 0 Å². The van der Waals surface area contributed by atoms with E-state index in [0.717, 1.165) is 18.7 Å². The van der Waals surface area contributed by atoms with Crippen LogP contribution in [0.5, 0.6) is 0 Å². The summed E-state index contributed by atoms with van der Waals surface area (Å²) in [4.78, 5) is 25.5. The predicted octanol–water partition coefficient (Wildman–Crippen LogP) is 1.98. The molecule has 1 saturated heterocycles. The van der Waals surface area contributed by atoms with Crippen LogP contribution >= 0.6 is 23.1 Å². The van der Waals surface area contributed by atoms with Gasteiger partial charge in [0.05, 0.1) is 5.75 Å². The largest absolute Gasteiger partial charge is 0.374 e. The number of benzene rings is 1. The van der Waals surface area contributed by atoms with E-state index in [-0.39, 0.29) is 17.6 Å². The van der Waals surface area contributed by atoms with E-state index in [1.165, 1.54) is 23.1 Å². The first-order chi connectivity index (χ1) is 11.1. The zero-order valence-corrected chi connectivity index (χ0v) is 13.8. The minimum Gasteiger partial charge on any atom is -0.374 e. The molecule has 1 aliphatic rings. The number of nitrogens with zero attached hydrogens (tertiary/aromatic N) is 3. The van der Waals surface area contributed by atoms with Crippen LogP contribution in [0.2, 0.25) is 0 Å². The second-order valence-electron chi connectivity index (χ2n) is 4.94. The Balaban J connectivity index is 1.59. The van der Waals surface area contributed by atoms with Gasteiger partial charge in [0, 0.05) is 24.3 Å². The monoisotopic (exact) mass is 349 g/mol. The van der Waals surface area contributed by atoms with E-state index in [1.807, 2.05) is 18.2 Å². The van der Waals surface area contributed by atoms with E-state index in [2.05, 4.69) is 15.5 Å². The van der Waals surface area contributed by atoms with E-state index in [0.29, 0.717) is 21.6 Å². The van der Waals surface area contributed by atoms with Gasteiger partial charge >= 0.3 is 0 Å². The fourth-order valence-electron chi connectivity index (χ4n) is 2.28. The van der Waals surface area contributed by atoms with Crippen LogP contribution in [0.25, 0.3) is 0 Å². The Morgan fingerprint density at radius 1 is 1.43 bits per heavy atom. The van der Waals surface area contributed by atoms with Crippen LogP contribution in [-0.2, 0) is 9.59 Å². The zero-order chi connectivity index (χ0) is 16.2. The molecule has 0 radical (unpaired) electrons. The Hall–Kier alpha value is -2.13. The topological polar surface area (TPSA) is 101 Å². The molecule has 120 valence electrons. The lowest BCUT2D eigenvalue weighted by Crippen LogP contribution is -2.23. The summed E-state index contributed by atoms with van der Waals surface area (Å²) < 4.78 is 0.661. The van der Waals surface area contributed by atoms with Crippen molar-refractivity contribution in [3.8, 4) is 0 Å². The number of amides is 2. The number of hydrogen-bond acceptors (Lipinski definition) is 7. The summed E-state index contributed by atoms with van der Waals surface area (Å²) in [6.45, 7) is 0.727. The standard InChI is InChI=1S/C14H15N5O2S2/c15-13-17-18-14(23-13)22-8-11(20)16-9-3-1-4-10(7-9)19-6-2-5-12(19)21/h1,3-4,7H,2,5-6,8H2,(H2,15,17)(H,16,20). The molecule has 0 saturated carbocycles. The number of carbonyl (C=O) groups excluding carboxylic acids is 2. The Labute approximate surface area is 141 Å². The van der Waals surface area contributed by atoms with E-state index >= 15 is 0 Å². The number of thioether (sulfide) groups is 1. The third-order valence-corrected chi connectivity index (χ3v) is 5.15. The first-order valence-corrected chi connectivity index (χ1v) is 8.84. The highest BCUT2D eigenvalue weighted by atomic mass is 32.2. The maximum Gasteiger partial charge on any atom is 0.234 e. The average molecular weight is 349 g/mol. The minimum absolute atomic E-state index is 0.123. The Bertz CT molecular complexity index is 733. The molecule has 7 nitrogen and oxygen atoms in total. The molecule has 1 aromatic heterocycles. The molecule has 0 spiro atoms. The molecule has 1 aliphatic heterocycles. The van der Waals surface area contributed by atoms with Crippen molar-refractivity contribution < 1.29 is 9.59 Å². The summed E-state index contributed by atoms with van der Waals surface area (Å²) >= 11 is 2.54. The summed E-state index contributed by atoms with van der Waals surface area (Å²) in [6.07, 6.45) is 1.45. The lowest BCUT2D eigenvalue weighted by molar-refractivity contribution is -0.117. The van der Waals surface area contributed by atoms with Crippen LogP contribution in [0.3, 0.4) is 0 Å². The van der Waals surface area contributed by atoms with Crippen LogP contribution in [0.1, 0.15) is 12.8 Å². The van der Waals surface area contributed by atoms with Gasteiger partial charge in [0.25, 0.3) is 0 Å². The summed E-state index contributed by atoms with van der Waals surface area (Å²) in [6, 6.07) is 7.32. The summed E-state index contributed by atoms with van der Waals surface area (Å²) in [5.41, 5.74) is 6.98. The number of nitrogen functional groups attached to an aromatic ring is 1. The molecule has 23 heavy (non-hydrogen) atoms. The zero-order valence-electron chi connectivity index (χ0n) is 12.2. The van der Waals surface area contributed by atoms with Gasteiger partial charge in [0.2, 0.25) is 16.9 Å². The van der Waals surface area contributed by atoms with Gasteiger partial charge in [-0.25, -0.2) is 0 Å². The normalized spacial score (nSPS) is 14.3. The van der Waals surface area contributed by atoms with Crippen molar-refractivity contribution >= 4 is 51.4 Å². The Morgan fingerprint density at radius 3 is 3.00 bits per heavy atom. The van der Waals surface area contributed by atoms with E-state index in [4.69, 9.17) is 5.73 Å². The number of rotatable bonds is 5. The Kier molecular flexibility index (Phi) is 4.77. The van der Waals surface area contributed by atoms with Crippen molar-refractivity contribution in [2.75, 3.05) is 28.2 Å². The highest BCUT2D eigenvalue weighted by Gasteiger charge is 2.21. The molecule has 0 atom stereocenters. The molecule has 0 unspecified atom stereocenters. The summed E-state index contributed by atoms with van der Waals surface area (Å²) in [7, 11) is 0. The van der Waals surface area contributed by atoms with Crippen molar-refractivity contribution in [2.45, 2.75) is 17.2 Å². The molecule has 0 bridgehead atoms. The number of nitrogens with two attached hydrogens (primary N) is 1. The second-order valence-corrected chi connectivity index (χ2v) is 7.17. The first kappa shape index (κ1) is 15.8. The van der Waals surface area contributed by atoms with Crippen LogP contribution in [0.4, 0.5) is 16.5 Å². The third-order valence-electron chi connectivity index (χ3n) is 3.26. The van der Waals surface area contributed by atoms with Crippen molar-refractivity contribution in [3.05, 3.63) is 24.3 Å². The summed E-state index contributed by atoms with van der Waals surface area (Å²) in [5.74, 6) is 0.202. The predicted molar refractivity (Wildman–Crippen MR) is 91.7 cm³/mol. The lowest BCUT2D eigenvalue weighted by Gasteiger charge is -2.16. The Morgan fingerprint density at radius 2 is 2.30 bits per heavy atom. The van der Waals surface area contributed by atoms with Crippen LogP contribution in [-0.4, -0.2) is 34.3 Å². The van der Waals surface area contributed by atoms with E-state index in [1.54, 1.807) is 11.0 Å². The number of nitrogens with one attached hydrogen (secondary N) is 1. The highest BCUT2D eigenvalue weighted by molar-refractivity contribution is 8.01. The van der Waals surface area contributed by atoms with Gasteiger partial charge in [-0.3, -0.25) is 9.59 Å². The van der Waals surface area contributed by atoms with E-state index in [9.17, 15) is 9.59 Å². The smallest absolute Gasteiger partial charge is 0.234 e. The second kappa shape index (κ2) is 6.97. The molecule has 2 heterocycles. The molecule has 2 amide bonds. The van der Waals surface area contributed by atoms with Gasteiger partial charge in [-0.2, -0.15) is 0 Å². The summed E-state index contributed by atoms with van der Waals surface area (Å²) in [5, 5.41) is 10.8.